The summed E-state index contributed by atoms with van der Waals surface area (Å²) in [6, 6.07) is 6.32. The van der Waals surface area contributed by atoms with Crippen LogP contribution in [0.2, 0.25) is 0 Å². The number of hydrogen-bond donors (Lipinski definition) is 1. The number of thiophene rings is 1. The van der Waals surface area contributed by atoms with Crippen LogP contribution in [0.15, 0.2) is 33.4 Å². The molecule has 2 aromatic rings. The van der Waals surface area contributed by atoms with Crippen LogP contribution in [0.3, 0.4) is 0 Å². The fourth-order valence-electron chi connectivity index (χ4n) is 2.18. The van der Waals surface area contributed by atoms with Crippen LogP contribution in [-0.4, -0.2) is 13.7 Å². The highest BCUT2D eigenvalue weighted by molar-refractivity contribution is 9.10. The normalized spacial score (nSPS) is 12.4. The SMILES string of the molecule is CCOc1ccc(Br)cc1C(NC)c1cscc1C. The van der Waals surface area contributed by atoms with Crippen LogP contribution in [-0.2, 0) is 0 Å². The van der Waals surface area contributed by atoms with E-state index in [4.69, 9.17) is 4.74 Å². The molecule has 0 aliphatic rings. The summed E-state index contributed by atoms with van der Waals surface area (Å²) in [7, 11) is 1.98. The number of ether oxygens (including phenoxy) is 1. The first-order chi connectivity index (χ1) is 9.17. The third-order valence-corrected chi connectivity index (χ3v) is 4.45. The maximum Gasteiger partial charge on any atom is 0.124 e. The van der Waals surface area contributed by atoms with Crippen molar-refractivity contribution in [3.05, 3.63) is 50.1 Å². The zero-order valence-corrected chi connectivity index (χ0v) is 13.8. The first-order valence-electron chi connectivity index (χ1n) is 6.29. The molecular formula is C15H18BrNOS. The van der Waals surface area contributed by atoms with E-state index in [0.29, 0.717) is 6.61 Å². The summed E-state index contributed by atoms with van der Waals surface area (Å²) in [6.45, 7) is 4.83. The van der Waals surface area contributed by atoms with E-state index in [-0.39, 0.29) is 6.04 Å². The number of benzene rings is 1. The van der Waals surface area contributed by atoms with Crippen LogP contribution < -0.4 is 10.1 Å². The smallest absolute Gasteiger partial charge is 0.124 e. The van der Waals surface area contributed by atoms with E-state index in [0.717, 1.165) is 10.2 Å². The van der Waals surface area contributed by atoms with E-state index in [1.54, 1.807) is 11.3 Å². The van der Waals surface area contributed by atoms with Crippen LogP contribution >= 0.6 is 27.3 Å². The standard InChI is InChI=1S/C15H18BrNOS/c1-4-18-14-6-5-11(16)7-12(14)15(17-3)13-9-19-8-10(13)2/h5-9,15,17H,4H2,1-3H3. The van der Waals surface area contributed by atoms with Crippen molar-refractivity contribution in [3.63, 3.8) is 0 Å². The number of aryl methyl sites for hydroxylation is 1. The van der Waals surface area contributed by atoms with Gasteiger partial charge in [-0.05, 0) is 61.0 Å². The highest BCUT2D eigenvalue weighted by Crippen LogP contribution is 2.34. The van der Waals surface area contributed by atoms with Gasteiger partial charge in [0.1, 0.15) is 5.75 Å². The number of hydrogen-bond acceptors (Lipinski definition) is 3. The van der Waals surface area contributed by atoms with Crippen molar-refractivity contribution >= 4 is 27.3 Å². The fourth-order valence-corrected chi connectivity index (χ4v) is 3.43. The van der Waals surface area contributed by atoms with Gasteiger partial charge in [-0.25, -0.2) is 0 Å². The lowest BCUT2D eigenvalue weighted by Crippen LogP contribution is -2.19. The molecule has 0 saturated heterocycles. The molecule has 0 amide bonds. The molecule has 0 spiro atoms. The molecule has 0 fully saturated rings. The van der Waals surface area contributed by atoms with Crippen LogP contribution in [0.4, 0.5) is 0 Å². The summed E-state index contributed by atoms with van der Waals surface area (Å²) in [5.74, 6) is 0.940. The maximum atomic E-state index is 5.76. The number of nitrogens with one attached hydrogen (secondary N) is 1. The maximum absolute atomic E-state index is 5.76. The summed E-state index contributed by atoms with van der Waals surface area (Å²) >= 11 is 5.28. The minimum atomic E-state index is 0.158. The van der Waals surface area contributed by atoms with Gasteiger partial charge in [0.2, 0.25) is 0 Å². The molecule has 19 heavy (non-hydrogen) atoms. The van der Waals surface area contributed by atoms with Gasteiger partial charge in [-0.15, -0.1) is 0 Å². The average molecular weight is 340 g/mol. The first-order valence-corrected chi connectivity index (χ1v) is 8.03. The molecule has 1 N–H and O–H groups in total. The lowest BCUT2D eigenvalue weighted by atomic mass is 9.98. The summed E-state index contributed by atoms with van der Waals surface area (Å²) in [6.07, 6.45) is 0. The van der Waals surface area contributed by atoms with E-state index in [1.165, 1.54) is 16.7 Å². The van der Waals surface area contributed by atoms with Crippen LogP contribution in [0.25, 0.3) is 0 Å². The number of rotatable bonds is 5. The van der Waals surface area contributed by atoms with E-state index < -0.39 is 0 Å². The molecule has 0 bridgehead atoms. The Hall–Kier alpha value is -0.840. The van der Waals surface area contributed by atoms with Crippen molar-refractivity contribution in [1.29, 1.82) is 0 Å². The van der Waals surface area contributed by atoms with Gasteiger partial charge in [-0.1, -0.05) is 15.9 Å². The van der Waals surface area contributed by atoms with Crippen molar-refractivity contribution in [2.75, 3.05) is 13.7 Å². The Bertz CT molecular complexity index is 553. The molecule has 102 valence electrons. The van der Waals surface area contributed by atoms with Gasteiger partial charge < -0.3 is 10.1 Å². The molecule has 1 atom stereocenters. The predicted molar refractivity (Wildman–Crippen MR) is 85.3 cm³/mol. The van der Waals surface area contributed by atoms with Crippen molar-refractivity contribution in [1.82, 2.24) is 5.32 Å². The third-order valence-electron chi connectivity index (χ3n) is 3.08. The lowest BCUT2D eigenvalue weighted by molar-refractivity contribution is 0.334. The Morgan fingerprint density at radius 2 is 2.11 bits per heavy atom. The molecule has 4 heteroatoms. The zero-order chi connectivity index (χ0) is 13.8. The fraction of sp³-hybridized carbons (Fsp3) is 0.333. The molecule has 0 aliphatic heterocycles. The zero-order valence-electron chi connectivity index (χ0n) is 11.4. The summed E-state index contributed by atoms with van der Waals surface area (Å²) < 4.78 is 6.82. The minimum Gasteiger partial charge on any atom is -0.494 e. The van der Waals surface area contributed by atoms with Crippen LogP contribution in [0, 0.1) is 6.92 Å². The second-order valence-corrected chi connectivity index (χ2v) is 6.01. The van der Waals surface area contributed by atoms with E-state index in [1.807, 2.05) is 26.1 Å². The summed E-state index contributed by atoms with van der Waals surface area (Å²) in [5, 5.41) is 7.77. The Morgan fingerprint density at radius 3 is 2.68 bits per heavy atom. The summed E-state index contributed by atoms with van der Waals surface area (Å²) in [4.78, 5) is 0. The van der Waals surface area contributed by atoms with Crippen molar-refractivity contribution in [2.45, 2.75) is 19.9 Å². The van der Waals surface area contributed by atoms with E-state index in [2.05, 4.69) is 45.0 Å². The van der Waals surface area contributed by atoms with Gasteiger partial charge in [0.05, 0.1) is 12.6 Å². The van der Waals surface area contributed by atoms with Gasteiger partial charge in [-0.2, -0.15) is 11.3 Å². The van der Waals surface area contributed by atoms with Crippen molar-refractivity contribution in [2.24, 2.45) is 0 Å². The van der Waals surface area contributed by atoms with Crippen LogP contribution in [0.5, 0.6) is 5.75 Å². The Balaban J connectivity index is 2.48. The van der Waals surface area contributed by atoms with E-state index in [9.17, 15) is 0 Å². The molecular weight excluding hydrogens is 322 g/mol. The third kappa shape index (κ3) is 3.19. The molecule has 1 aromatic carbocycles. The Labute approximate surface area is 126 Å². The van der Waals surface area contributed by atoms with Crippen molar-refractivity contribution in [3.8, 4) is 5.75 Å². The quantitative estimate of drug-likeness (QED) is 0.864. The molecule has 0 radical (unpaired) electrons. The second-order valence-electron chi connectivity index (χ2n) is 4.35. The topological polar surface area (TPSA) is 21.3 Å². The van der Waals surface area contributed by atoms with Gasteiger partial charge >= 0.3 is 0 Å². The molecule has 0 aliphatic carbocycles. The molecule has 1 aromatic heterocycles. The largest absolute Gasteiger partial charge is 0.494 e. The Kier molecular flexibility index (Phi) is 5.02. The molecule has 0 saturated carbocycles. The monoisotopic (exact) mass is 339 g/mol. The first kappa shape index (κ1) is 14.6. The van der Waals surface area contributed by atoms with Gasteiger partial charge in [0.25, 0.3) is 0 Å². The highest BCUT2D eigenvalue weighted by Gasteiger charge is 2.19. The van der Waals surface area contributed by atoms with Crippen LogP contribution in [0.1, 0.15) is 29.7 Å². The molecule has 2 nitrogen and oxygen atoms in total. The van der Waals surface area contributed by atoms with Crippen molar-refractivity contribution < 1.29 is 4.74 Å². The molecule has 1 heterocycles. The molecule has 2 rings (SSSR count). The summed E-state index contributed by atoms with van der Waals surface area (Å²) in [5.41, 5.74) is 3.79. The Morgan fingerprint density at radius 1 is 1.32 bits per heavy atom. The van der Waals surface area contributed by atoms with E-state index >= 15 is 0 Å². The van der Waals surface area contributed by atoms with Gasteiger partial charge in [0.15, 0.2) is 0 Å². The molecule has 1 unspecified atom stereocenters. The highest BCUT2D eigenvalue weighted by atomic mass is 79.9. The second kappa shape index (κ2) is 6.55. The lowest BCUT2D eigenvalue weighted by Gasteiger charge is -2.20. The van der Waals surface area contributed by atoms with Gasteiger partial charge in [-0.3, -0.25) is 0 Å². The minimum absolute atomic E-state index is 0.158. The van der Waals surface area contributed by atoms with Gasteiger partial charge in [0, 0.05) is 10.0 Å². The predicted octanol–water partition coefficient (Wildman–Crippen LogP) is 4.53. The average Bonchev–Trinajstić information content (AvgIpc) is 2.80. The number of halogens is 1.